The number of alkyl carbamates (subject to hydrolysis) is 1. The number of rotatable bonds is 6. The van der Waals surface area contributed by atoms with Gasteiger partial charge in [0.1, 0.15) is 6.61 Å². The predicted octanol–water partition coefficient (Wildman–Crippen LogP) is 6.08. The van der Waals surface area contributed by atoms with Crippen LogP contribution < -0.4 is 5.32 Å². The summed E-state index contributed by atoms with van der Waals surface area (Å²) >= 11 is 0. The molecule has 6 nitrogen and oxygen atoms in total. The average molecular weight is 515 g/mol. The molecule has 0 aromatic heterocycles. The van der Waals surface area contributed by atoms with Crippen molar-refractivity contribution in [1.82, 2.24) is 5.32 Å². The van der Waals surface area contributed by atoms with Crippen molar-refractivity contribution in [3.8, 4) is 16.9 Å². The lowest BCUT2D eigenvalue weighted by Crippen LogP contribution is -2.41. The summed E-state index contributed by atoms with van der Waals surface area (Å²) in [6, 6.07) is 20.6. The first kappa shape index (κ1) is 26.0. The van der Waals surface area contributed by atoms with Gasteiger partial charge in [-0.25, -0.2) is 9.18 Å². The smallest absolute Gasteiger partial charge is 0.492 e. The number of ether oxygens (including phenoxy) is 1. The molecule has 0 spiro atoms. The van der Waals surface area contributed by atoms with Gasteiger partial charge in [-0.1, -0.05) is 66.7 Å². The summed E-state index contributed by atoms with van der Waals surface area (Å²) in [6.07, 6.45) is 0.923. The second-order valence-corrected chi connectivity index (χ2v) is 10.7. The highest BCUT2D eigenvalue weighted by molar-refractivity contribution is 6.56. The molecule has 0 unspecified atom stereocenters. The number of amides is 1. The molecule has 0 bridgehead atoms. The Morgan fingerprint density at radius 3 is 2.16 bits per heavy atom. The Hall–Kier alpha value is -3.62. The Kier molecular flexibility index (Phi) is 6.80. The van der Waals surface area contributed by atoms with E-state index < -0.39 is 36.0 Å². The van der Waals surface area contributed by atoms with Gasteiger partial charge in [0.25, 0.3) is 0 Å². The van der Waals surface area contributed by atoms with E-state index in [9.17, 15) is 14.3 Å². The lowest BCUT2D eigenvalue weighted by Gasteiger charge is -2.32. The minimum absolute atomic E-state index is 0.00258. The highest BCUT2D eigenvalue weighted by atomic mass is 19.1. The number of carbonyl (C=O) groups is 1. The molecular weight excluding hydrogens is 484 g/mol. The largest absolute Gasteiger partial charge is 0.505 e. The summed E-state index contributed by atoms with van der Waals surface area (Å²) in [5.74, 6) is -1.29. The van der Waals surface area contributed by atoms with Crippen molar-refractivity contribution >= 4 is 19.3 Å². The Morgan fingerprint density at radius 2 is 1.55 bits per heavy atom. The monoisotopic (exact) mass is 515 g/mol. The van der Waals surface area contributed by atoms with Crippen LogP contribution in [0.2, 0.25) is 0 Å². The molecule has 1 saturated heterocycles. The highest BCUT2D eigenvalue weighted by Gasteiger charge is 2.52. The number of nitrogens with one attached hydrogen (secondary N) is 1. The van der Waals surface area contributed by atoms with Crippen LogP contribution in [0.5, 0.6) is 5.75 Å². The quantitative estimate of drug-likeness (QED) is 0.389. The molecule has 3 aromatic carbocycles. The summed E-state index contributed by atoms with van der Waals surface area (Å²) in [4.78, 5) is 12.8. The maximum absolute atomic E-state index is 14.6. The predicted molar refractivity (Wildman–Crippen MR) is 145 cm³/mol. The molecule has 0 saturated carbocycles. The fraction of sp³-hybridized carbons (Fsp3) is 0.300. The van der Waals surface area contributed by atoms with Crippen LogP contribution in [0.3, 0.4) is 0 Å². The van der Waals surface area contributed by atoms with Crippen molar-refractivity contribution in [3.05, 3.63) is 94.7 Å². The van der Waals surface area contributed by atoms with Crippen LogP contribution in [0.4, 0.5) is 9.18 Å². The zero-order valence-corrected chi connectivity index (χ0v) is 22.0. The fourth-order valence-electron chi connectivity index (χ4n) is 4.87. The third-order valence-corrected chi connectivity index (χ3v) is 7.69. The zero-order chi connectivity index (χ0) is 27.1. The fourth-order valence-corrected chi connectivity index (χ4v) is 4.87. The van der Waals surface area contributed by atoms with Crippen molar-refractivity contribution in [2.75, 3.05) is 13.2 Å². The van der Waals surface area contributed by atoms with Gasteiger partial charge < -0.3 is 24.5 Å². The number of aromatic hydroxyl groups is 1. The second-order valence-electron chi connectivity index (χ2n) is 10.7. The van der Waals surface area contributed by atoms with Crippen LogP contribution in [-0.4, -0.2) is 42.7 Å². The molecule has 5 rings (SSSR count). The first-order chi connectivity index (χ1) is 18.1. The van der Waals surface area contributed by atoms with Crippen LogP contribution in [0.1, 0.15) is 50.3 Å². The summed E-state index contributed by atoms with van der Waals surface area (Å²) in [6.45, 7) is 7.84. The summed E-state index contributed by atoms with van der Waals surface area (Å²) in [5.41, 5.74) is 3.94. The van der Waals surface area contributed by atoms with E-state index in [1.54, 1.807) is 6.07 Å². The molecule has 2 N–H and O–H groups in total. The molecule has 0 radical (unpaired) electrons. The van der Waals surface area contributed by atoms with E-state index >= 15 is 0 Å². The standard InChI is InChI=1S/C30H31BFNO5/c1-29(2)30(3,4)38-31(37-29)20(16-19-10-9-15-26(34)27(19)32)17-33-28(35)36-18-25-23-13-7-5-11-21(23)22-12-6-8-14-24(22)25/h5-16,25,34H,17-18H2,1-4H3,(H,33,35). The van der Waals surface area contributed by atoms with E-state index in [-0.39, 0.29) is 24.6 Å². The molecule has 196 valence electrons. The number of hydrogen-bond donors (Lipinski definition) is 2. The molecule has 8 heteroatoms. The van der Waals surface area contributed by atoms with Crippen LogP contribution in [0, 0.1) is 5.82 Å². The second kappa shape index (κ2) is 9.93. The van der Waals surface area contributed by atoms with Gasteiger partial charge in [-0.3, -0.25) is 0 Å². The number of phenols is 1. The summed E-state index contributed by atoms with van der Waals surface area (Å²) < 4.78 is 32.6. The number of benzene rings is 3. The molecule has 2 aliphatic rings. The lowest BCUT2D eigenvalue weighted by atomic mass is 9.77. The van der Waals surface area contributed by atoms with Crippen LogP contribution in [0.25, 0.3) is 17.2 Å². The van der Waals surface area contributed by atoms with Gasteiger partial charge in [-0.2, -0.15) is 0 Å². The van der Waals surface area contributed by atoms with E-state index in [0.29, 0.717) is 5.47 Å². The molecule has 0 atom stereocenters. The Balaban J connectivity index is 1.31. The molecule has 1 heterocycles. The van der Waals surface area contributed by atoms with E-state index in [2.05, 4.69) is 29.6 Å². The minimum atomic E-state index is -0.823. The molecule has 3 aromatic rings. The van der Waals surface area contributed by atoms with Gasteiger partial charge in [-0.15, -0.1) is 0 Å². The topological polar surface area (TPSA) is 77.0 Å². The van der Waals surface area contributed by atoms with Crippen LogP contribution in [0.15, 0.2) is 72.2 Å². The van der Waals surface area contributed by atoms with Gasteiger partial charge in [0.05, 0.1) is 11.2 Å². The maximum Gasteiger partial charge on any atom is 0.492 e. The summed E-state index contributed by atoms with van der Waals surface area (Å²) in [7, 11) is -0.823. The molecule has 1 amide bonds. The van der Waals surface area contributed by atoms with E-state index in [1.807, 2.05) is 52.0 Å². The third kappa shape index (κ3) is 4.82. The number of phenolic OH excluding ortho intramolecular Hbond substituents is 1. The summed E-state index contributed by atoms with van der Waals surface area (Å²) in [5, 5.41) is 12.6. The van der Waals surface area contributed by atoms with E-state index in [4.69, 9.17) is 14.0 Å². The van der Waals surface area contributed by atoms with E-state index in [1.165, 1.54) is 18.2 Å². The Bertz CT molecular complexity index is 1340. The van der Waals surface area contributed by atoms with Crippen LogP contribution in [-0.2, 0) is 14.0 Å². The zero-order valence-electron chi connectivity index (χ0n) is 22.0. The van der Waals surface area contributed by atoms with E-state index in [0.717, 1.165) is 22.3 Å². The number of hydrogen-bond acceptors (Lipinski definition) is 5. The minimum Gasteiger partial charge on any atom is -0.505 e. The molecule has 1 aliphatic carbocycles. The van der Waals surface area contributed by atoms with Crippen molar-refractivity contribution in [3.63, 3.8) is 0 Å². The lowest BCUT2D eigenvalue weighted by molar-refractivity contribution is 0.00578. The third-order valence-electron chi connectivity index (χ3n) is 7.69. The Morgan fingerprint density at radius 1 is 0.974 bits per heavy atom. The number of halogens is 1. The van der Waals surface area contributed by atoms with Gasteiger partial charge in [-0.05, 0) is 61.5 Å². The molecule has 1 aliphatic heterocycles. The van der Waals surface area contributed by atoms with Gasteiger partial charge in [0.2, 0.25) is 0 Å². The molecule has 38 heavy (non-hydrogen) atoms. The average Bonchev–Trinajstić information content (AvgIpc) is 3.32. The van der Waals surface area contributed by atoms with Crippen molar-refractivity contribution in [2.24, 2.45) is 0 Å². The first-order valence-corrected chi connectivity index (χ1v) is 12.7. The van der Waals surface area contributed by atoms with Crippen molar-refractivity contribution < 1.29 is 28.3 Å². The molecular formula is C30H31BFNO5. The number of fused-ring (bicyclic) bond motifs is 3. The SMILES string of the molecule is CC1(C)OB(C(=Cc2cccc(O)c2F)CNC(=O)OCC2c3ccccc3-c3ccccc32)OC1(C)C. The van der Waals surface area contributed by atoms with Gasteiger partial charge in [0.15, 0.2) is 11.6 Å². The molecule has 1 fully saturated rings. The normalized spacial score (nSPS) is 17.7. The van der Waals surface area contributed by atoms with Crippen molar-refractivity contribution in [2.45, 2.75) is 44.8 Å². The number of carbonyl (C=O) groups excluding carboxylic acids is 1. The maximum atomic E-state index is 14.6. The van der Waals surface area contributed by atoms with Crippen LogP contribution >= 0.6 is 0 Å². The first-order valence-electron chi connectivity index (χ1n) is 12.7. The van der Waals surface area contributed by atoms with Gasteiger partial charge >= 0.3 is 13.2 Å². The van der Waals surface area contributed by atoms with Crippen molar-refractivity contribution in [1.29, 1.82) is 0 Å². The Labute approximate surface area is 222 Å². The van der Waals surface area contributed by atoms with Gasteiger partial charge in [0, 0.05) is 18.0 Å². The highest BCUT2D eigenvalue weighted by Crippen LogP contribution is 2.44.